The van der Waals surface area contributed by atoms with Gasteiger partial charge in [0.1, 0.15) is 11.6 Å². The molecule has 3 aromatic rings. The van der Waals surface area contributed by atoms with Gasteiger partial charge < -0.3 is 4.74 Å². The molecule has 0 aliphatic rings. The molecule has 0 N–H and O–H groups in total. The van der Waals surface area contributed by atoms with Crippen molar-refractivity contribution in [1.82, 2.24) is 0 Å². The summed E-state index contributed by atoms with van der Waals surface area (Å²) in [6, 6.07) is 17.8. The molecule has 0 aliphatic heterocycles. The Bertz CT molecular complexity index is 806. The maximum absolute atomic E-state index is 14.5. The molecule has 3 aromatic carbocycles. The van der Waals surface area contributed by atoms with Gasteiger partial charge in [0, 0.05) is 5.39 Å². The quantitative estimate of drug-likeness (QED) is 0.562. The van der Waals surface area contributed by atoms with Crippen LogP contribution in [0.2, 0.25) is 0 Å². The van der Waals surface area contributed by atoms with Gasteiger partial charge in [-0.15, -0.1) is 0 Å². The highest BCUT2D eigenvalue weighted by atomic mass is 19.1. The number of halogens is 1. The van der Waals surface area contributed by atoms with Crippen molar-refractivity contribution in [2.45, 2.75) is 26.7 Å². The van der Waals surface area contributed by atoms with Gasteiger partial charge in [0.25, 0.3) is 0 Å². The molecule has 0 heterocycles. The summed E-state index contributed by atoms with van der Waals surface area (Å²) >= 11 is 0. The van der Waals surface area contributed by atoms with Crippen molar-refractivity contribution in [1.29, 1.82) is 0 Å². The summed E-state index contributed by atoms with van der Waals surface area (Å²) in [6.45, 7) is 4.70. The molecule has 23 heavy (non-hydrogen) atoms. The monoisotopic (exact) mass is 308 g/mol. The second-order valence-electron chi connectivity index (χ2n) is 5.68. The molecule has 1 nitrogen and oxygen atoms in total. The van der Waals surface area contributed by atoms with E-state index >= 15 is 0 Å². The van der Waals surface area contributed by atoms with E-state index in [0.717, 1.165) is 40.7 Å². The number of fused-ring (bicyclic) bond motifs is 1. The van der Waals surface area contributed by atoms with E-state index in [-0.39, 0.29) is 5.82 Å². The Labute approximate surface area is 136 Å². The van der Waals surface area contributed by atoms with Crippen molar-refractivity contribution in [3.05, 3.63) is 66.0 Å². The zero-order valence-electron chi connectivity index (χ0n) is 13.6. The van der Waals surface area contributed by atoms with Crippen molar-refractivity contribution in [2.75, 3.05) is 6.61 Å². The molecule has 0 radical (unpaired) electrons. The third-order valence-corrected chi connectivity index (χ3v) is 4.05. The first-order chi connectivity index (χ1) is 11.2. The Morgan fingerprint density at radius 3 is 2.30 bits per heavy atom. The first-order valence-corrected chi connectivity index (χ1v) is 8.17. The van der Waals surface area contributed by atoms with Gasteiger partial charge in [0.15, 0.2) is 0 Å². The third-order valence-electron chi connectivity index (χ3n) is 4.05. The summed E-state index contributed by atoms with van der Waals surface area (Å²) in [7, 11) is 0. The molecule has 0 saturated carbocycles. The maximum Gasteiger partial charge on any atom is 0.134 e. The maximum atomic E-state index is 14.5. The van der Waals surface area contributed by atoms with E-state index in [1.165, 1.54) is 0 Å². The molecule has 0 bridgehead atoms. The van der Waals surface area contributed by atoms with Crippen molar-refractivity contribution in [2.24, 2.45) is 0 Å². The van der Waals surface area contributed by atoms with Crippen LogP contribution < -0.4 is 4.74 Å². The van der Waals surface area contributed by atoms with E-state index in [2.05, 4.69) is 6.92 Å². The molecule has 0 saturated heterocycles. The van der Waals surface area contributed by atoms with Gasteiger partial charge >= 0.3 is 0 Å². The first-order valence-electron chi connectivity index (χ1n) is 8.17. The lowest BCUT2D eigenvalue weighted by atomic mass is 9.98. The standard InChI is InChI=1S/C21H21FO/c1-3-5-16-6-7-18-14-17(10-13-20(18)21(16)22)15-8-11-19(12-9-15)23-4-2/h6-14H,3-5H2,1-2H3. The predicted octanol–water partition coefficient (Wildman–Crippen LogP) is 6.00. The lowest BCUT2D eigenvalue weighted by Crippen LogP contribution is -1.92. The largest absolute Gasteiger partial charge is 0.494 e. The fourth-order valence-corrected chi connectivity index (χ4v) is 2.89. The number of aryl methyl sites for hydroxylation is 1. The van der Waals surface area contributed by atoms with Gasteiger partial charge in [-0.2, -0.15) is 0 Å². The Hall–Kier alpha value is -2.35. The van der Waals surface area contributed by atoms with E-state index in [9.17, 15) is 4.39 Å². The second kappa shape index (κ2) is 6.82. The molecule has 0 fully saturated rings. The number of rotatable bonds is 5. The third kappa shape index (κ3) is 3.21. The topological polar surface area (TPSA) is 9.23 Å². The van der Waals surface area contributed by atoms with Crippen LogP contribution in [0.25, 0.3) is 21.9 Å². The minimum atomic E-state index is -0.0809. The summed E-state index contributed by atoms with van der Waals surface area (Å²) < 4.78 is 20.0. The number of benzene rings is 3. The molecule has 0 amide bonds. The molecule has 0 spiro atoms. The minimum Gasteiger partial charge on any atom is -0.494 e. The molecule has 0 unspecified atom stereocenters. The van der Waals surface area contributed by atoms with Gasteiger partial charge in [-0.25, -0.2) is 4.39 Å². The molecule has 0 aromatic heterocycles. The van der Waals surface area contributed by atoms with Crippen LogP contribution in [0, 0.1) is 5.82 Å². The van der Waals surface area contributed by atoms with Crippen LogP contribution in [-0.2, 0) is 6.42 Å². The first kappa shape index (κ1) is 15.5. The number of hydrogen-bond acceptors (Lipinski definition) is 1. The van der Waals surface area contributed by atoms with Gasteiger partial charge in [0.2, 0.25) is 0 Å². The van der Waals surface area contributed by atoms with Gasteiger partial charge in [-0.05, 0) is 53.6 Å². The van der Waals surface area contributed by atoms with Gasteiger partial charge in [-0.1, -0.05) is 49.7 Å². The zero-order valence-corrected chi connectivity index (χ0v) is 13.6. The highest BCUT2D eigenvalue weighted by Crippen LogP contribution is 2.29. The number of ether oxygens (including phenoxy) is 1. The van der Waals surface area contributed by atoms with Crippen molar-refractivity contribution in [3.8, 4) is 16.9 Å². The Kier molecular flexibility index (Phi) is 4.61. The Morgan fingerprint density at radius 2 is 1.61 bits per heavy atom. The zero-order chi connectivity index (χ0) is 16.2. The summed E-state index contributed by atoms with van der Waals surface area (Å²) in [5, 5.41) is 1.64. The summed E-state index contributed by atoms with van der Waals surface area (Å²) in [5.74, 6) is 0.787. The predicted molar refractivity (Wildman–Crippen MR) is 94.5 cm³/mol. The molecular formula is C21H21FO. The lowest BCUT2D eigenvalue weighted by molar-refractivity contribution is 0.340. The van der Waals surface area contributed by atoms with Crippen LogP contribution in [-0.4, -0.2) is 6.61 Å². The number of hydrogen-bond donors (Lipinski definition) is 0. The normalized spacial score (nSPS) is 10.9. The molecular weight excluding hydrogens is 287 g/mol. The van der Waals surface area contributed by atoms with Crippen LogP contribution in [0.3, 0.4) is 0 Å². The highest BCUT2D eigenvalue weighted by molar-refractivity contribution is 5.88. The molecule has 118 valence electrons. The van der Waals surface area contributed by atoms with Gasteiger partial charge in [0.05, 0.1) is 6.61 Å². The van der Waals surface area contributed by atoms with Crippen molar-refractivity contribution >= 4 is 10.8 Å². The van der Waals surface area contributed by atoms with Crippen molar-refractivity contribution in [3.63, 3.8) is 0 Å². The van der Waals surface area contributed by atoms with E-state index in [1.807, 2.05) is 61.5 Å². The Morgan fingerprint density at radius 1 is 0.870 bits per heavy atom. The van der Waals surface area contributed by atoms with Crippen LogP contribution in [0.5, 0.6) is 5.75 Å². The molecule has 2 heteroatoms. The van der Waals surface area contributed by atoms with Crippen LogP contribution in [0.1, 0.15) is 25.8 Å². The van der Waals surface area contributed by atoms with Crippen LogP contribution in [0.4, 0.5) is 4.39 Å². The second-order valence-corrected chi connectivity index (χ2v) is 5.68. The van der Waals surface area contributed by atoms with Crippen molar-refractivity contribution < 1.29 is 9.13 Å². The van der Waals surface area contributed by atoms with E-state index < -0.39 is 0 Å². The summed E-state index contributed by atoms with van der Waals surface area (Å²) in [5.41, 5.74) is 2.99. The fourth-order valence-electron chi connectivity index (χ4n) is 2.89. The molecule has 0 atom stereocenters. The average molecular weight is 308 g/mol. The lowest BCUT2D eigenvalue weighted by Gasteiger charge is -2.09. The minimum absolute atomic E-state index is 0.0809. The highest BCUT2D eigenvalue weighted by Gasteiger charge is 2.08. The van der Waals surface area contributed by atoms with Crippen LogP contribution >= 0.6 is 0 Å². The Balaban J connectivity index is 1.98. The van der Waals surface area contributed by atoms with Gasteiger partial charge in [-0.3, -0.25) is 0 Å². The summed E-state index contributed by atoms with van der Waals surface area (Å²) in [6.07, 6.45) is 1.73. The van der Waals surface area contributed by atoms with Crippen LogP contribution in [0.15, 0.2) is 54.6 Å². The van der Waals surface area contributed by atoms with E-state index in [4.69, 9.17) is 4.74 Å². The summed E-state index contributed by atoms with van der Waals surface area (Å²) in [4.78, 5) is 0. The fraction of sp³-hybridized carbons (Fsp3) is 0.238. The molecule has 3 rings (SSSR count). The van der Waals surface area contributed by atoms with E-state index in [1.54, 1.807) is 0 Å². The average Bonchev–Trinajstić information content (AvgIpc) is 2.58. The SMILES string of the molecule is CCCc1ccc2cc(-c3ccc(OCC)cc3)ccc2c1F. The smallest absolute Gasteiger partial charge is 0.134 e. The van der Waals surface area contributed by atoms with E-state index in [0.29, 0.717) is 12.0 Å². The molecule has 0 aliphatic carbocycles.